The lowest BCUT2D eigenvalue weighted by molar-refractivity contribution is 0.0242. The Morgan fingerprint density at radius 3 is 2.61 bits per heavy atom. The summed E-state index contributed by atoms with van der Waals surface area (Å²) in [6.07, 6.45) is 2.64. The zero-order chi connectivity index (χ0) is 15.9. The lowest BCUT2D eigenvalue weighted by atomic mass is 9.95. The van der Waals surface area contributed by atoms with E-state index in [1.807, 2.05) is 13.0 Å². The van der Waals surface area contributed by atoms with Crippen molar-refractivity contribution in [2.45, 2.75) is 26.3 Å². The van der Waals surface area contributed by atoms with Gasteiger partial charge in [0.15, 0.2) is 0 Å². The summed E-state index contributed by atoms with van der Waals surface area (Å²) >= 11 is 0. The Hall–Kier alpha value is -1.10. The molecule has 0 spiro atoms. The second kappa shape index (κ2) is 8.67. The van der Waals surface area contributed by atoms with Crippen LogP contribution in [0.5, 0.6) is 5.75 Å². The second-order valence-electron chi connectivity index (χ2n) is 6.71. The number of piperidine rings is 1. The van der Waals surface area contributed by atoms with Crippen LogP contribution in [0.25, 0.3) is 0 Å². The molecule has 0 N–H and O–H groups in total. The van der Waals surface area contributed by atoms with Gasteiger partial charge in [-0.25, -0.2) is 0 Å². The van der Waals surface area contributed by atoms with Crippen LogP contribution in [0.3, 0.4) is 0 Å². The molecular formula is C19H30N2O2. The molecule has 2 saturated heterocycles. The van der Waals surface area contributed by atoms with E-state index in [9.17, 15) is 0 Å². The quantitative estimate of drug-likeness (QED) is 0.805. The standard InChI is InChI=1S/C19H30N2O2/c1-2-23-19-5-3-4-18(14-19)16-20-8-6-17(7-9-20)15-21-10-12-22-13-11-21/h3-5,14,17H,2,6-13,15-16H2,1H3. The Morgan fingerprint density at radius 2 is 1.87 bits per heavy atom. The van der Waals surface area contributed by atoms with E-state index >= 15 is 0 Å². The maximum Gasteiger partial charge on any atom is 0.119 e. The molecule has 0 unspecified atom stereocenters. The zero-order valence-corrected chi connectivity index (χ0v) is 14.4. The maximum absolute atomic E-state index is 5.60. The molecule has 0 saturated carbocycles. The minimum atomic E-state index is 0.733. The van der Waals surface area contributed by atoms with Gasteiger partial charge in [0.1, 0.15) is 5.75 Å². The number of rotatable bonds is 6. The molecule has 1 aromatic rings. The first kappa shape index (κ1) is 16.7. The molecule has 0 aromatic heterocycles. The SMILES string of the molecule is CCOc1cccc(CN2CCC(CN3CCOCC3)CC2)c1. The van der Waals surface area contributed by atoms with E-state index in [2.05, 4.69) is 28.0 Å². The number of likely N-dealkylation sites (tertiary alicyclic amines) is 1. The third kappa shape index (κ3) is 5.20. The summed E-state index contributed by atoms with van der Waals surface area (Å²) in [5.41, 5.74) is 1.36. The molecule has 2 aliphatic heterocycles. The third-order valence-electron chi connectivity index (χ3n) is 4.94. The minimum absolute atomic E-state index is 0.733. The topological polar surface area (TPSA) is 24.9 Å². The van der Waals surface area contributed by atoms with Crippen molar-refractivity contribution in [1.29, 1.82) is 0 Å². The smallest absolute Gasteiger partial charge is 0.119 e. The molecule has 3 rings (SSSR count). The Labute approximate surface area is 140 Å². The average Bonchev–Trinajstić information content (AvgIpc) is 2.58. The highest BCUT2D eigenvalue weighted by atomic mass is 16.5. The number of ether oxygens (including phenoxy) is 2. The number of hydrogen-bond acceptors (Lipinski definition) is 4. The molecule has 23 heavy (non-hydrogen) atoms. The number of morpholine rings is 1. The van der Waals surface area contributed by atoms with Crippen LogP contribution in [0.2, 0.25) is 0 Å². The highest BCUT2D eigenvalue weighted by Gasteiger charge is 2.22. The zero-order valence-electron chi connectivity index (χ0n) is 14.4. The van der Waals surface area contributed by atoms with Crippen LogP contribution in [0.4, 0.5) is 0 Å². The van der Waals surface area contributed by atoms with Gasteiger partial charge in [-0.15, -0.1) is 0 Å². The molecule has 2 fully saturated rings. The summed E-state index contributed by atoms with van der Waals surface area (Å²) in [6.45, 7) is 11.6. The van der Waals surface area contributed by atoms with E-state index in [-0.39, 0.29) is 0 Å². The van der Waals surface area contributed by atoms with Crippen molar-refractivity contribution < 1.29 is 9.47 Å². The van der Waals surface area contributed by atoms with Crippen LogP contribution in [0.1, 0.15) is 25.3 Å². The van der Waals surface area contributed by atoms with Gasteiger partial charge in [-0.2, -0.15) is 0 Å². The van der Waals surface area contributed by atoms with Crippen molar-refractivity contribution >= 4 is 0 Å². The fraction of sp³-hybridized carbons (Fsp3) is 0.684. The summed E-state index contributed by atoms with van der Waals surface area (Å²) < 4.78 is 11.0. The minimum Gasteiger partial charge on any atom is -0.494 e. The van der Waals surface area contributed by atoms with E-state index in [0.717, 1.165) is 51.1 Å². The summed E-state index contributed by atoms with van der Waals surface area (Å²) in [7, 11) is 0. The van der Waals surface area contributed by atoms with Gasteiger partial charge >= 0.3 is 0 Å². The number of benzene rings is 1. The second-order valence-corrected chi connectivity index (χ2v) is 6.71. The van der Waals surface area contributed by atoms with Crippen molar-refractivity contribution in [3.63, 3.8) is 0 Å². The van der Waals surface area contributed by atoms with Gasteiger partial charge < -0.3 is 9.47 Å². The Morgan fingerprint density at radius 1 is 1.09 bits per heavy atom. The van der Waals surface area contributed by atoms with E-state index in [4.69, 9.17) is 9.47 Å². The Kier molecular flexibility index (Phi) is 6.31. The van der Waals surface area contributed by atoms with Crippen LogP contribution >= 0.6 is 0 Å². The first-order valence-electron chi connectivity index (χ1n) is 9.07. The molecule has 0 aliphatic carbocycles. The van der Waals surface area contributed by atoms with Crippen molar-refractivity contribution in [3.8, 4) is 5.75 Å². The van der Waals surface area contributed by atoms with Gasteiger partial charge in [-0.3, -0.25) is 9.80 Å². The van der Waals surface area contributed by atoms with Crippen LogP contribution < -0.4 is 4.74 Å². The van der Waals surface area contributed by atoms with Crippen molar-refractivity contribution in [2.24, 2.45) is 5.92 Å². The van der Waals surface area contributed by atoms with E-state index in [1.54, 1.807) is 0 Å². The molecule has 0 amide bonds. The molecule has 4 nitrogen and oxygen atoms in total. The Bertz CT molecular complexity index is 466. The highest BCUT2D eigenvalue weighted by Crippen LogP contribution is 2.22. The summed E-state index contributed by atoms with van der Waals surface area (Å²) in [4.78, 5) is 5.16. The van der Waals surface area contributed by atoms with Gasteiger partial charge in [0.05, 0.1) is 19.8 Å². The van der Waals surface area contributed by atoms with Gasteiger partial charge in [0, 0.05) is 26.2 Å². The van der Waals surface area contributed by atoms with Crippen molar-refractivity contribution in [3.05, 3.63) is 29.8 Å². The molecule has 128 valence electrons. The average molecular weight is 318 g/mol. The number of nitrogens with zero attached hydrogens (tertiary/aromatic N) is 2. The van der Waals surface area contributed by atoms with Gasteiger partial charge in [0.25, 0.3) is 0 Å². The molecule has 4 heteroatoms. The van der Waals surface area contributed by atoms with Crippen LogP contribution in [-0.2, 0) is 11.3 Å². The summed E-state index contributed by atoms with van der Waals surface area (Å²) in [5.74, 6) is 1.85. The lowest BCUT2D eigenvalue weighted by Gasteiger charge is -2.36. The van der Waals surface area contributed by atoms with Crippen molar-refractivity contribution in [1.82, 2.24) is 9.80 Å². The molecule has 2 heterocycles. The highest BCUT2D eigenvalue weighted by molar-refractivity contribution is 5.28. The van der Waals surface area contributed by atoms with Gasteiger partial charge in [-0.1, -0.05) is 12.1 Å². The molecule has 0 radical (unpaired) electrons. The third-order valence-corrected chi connectivity index (χ3v) is 4.94. The molecule has 1 aromatic carbocycles. The number of hydrogen-bond donors (Lipinski definition) is 0. The fourth-order valence-electron chi connectivity index (χ4n) is 3.63. The normalized spacial score (nSPS) is 21.4. The first-order valence-corrected chi connectivity index (χ1v) is 9.07. The predicted molar refractivity (Wildman–Crippen MR) is 92.9 cm³/mol. The van der Waals surface area contributed by atoms with Gasteiger partial charge in [-0.05, 0) is 56.5 Å². The van der Waals surface area contributed by atoms with E-state index in [0.29, 0.717) is 0 Å². The molecule has 0 bridgehead atoms. The van der Waals surface area contributed by atoms with Crippen molar-refractivity contribution in [2.75, 3.05) is 52.5 Å². The molecule has 0 atom stereocenters. The molecular weight excluding hydrogens is 288 g/mol. The van der Waals surface area contributed by atoms with Crippen LogP contribution in [0, 0.1) is 5.92 Å². The monoisotopic (exact) mass is 318 g/mol. The summed E-state index contributed by atoms with van der Waals surface area (Å²) in [5, 5.41) is 0. The van der Waals surface area contributed by atoms with E-state index in [1.165, 1.54) is 38.0 Å². The maximum atomic E-state index is 5.60. The van der Waals surface area contributed by atoms with Crippen LogP contribution in [0.15, 0.2) is 24.3 Å². The fourth-order valence-corrected chi connectivity index (χ4v) is 3.63. The first-order chi connectivity index (χ1) is 11.3. The predicted octanol–water partition coefficient (Wildman–Crippen LogP) is 2.63. The van der Waals surface area contributed by atoms with Crippen LogP contribution in [-0.4, -0.2) is 62.3 Å². The lowest BCUT2D eigenvalue weighted by Crippen LogP contribution is -2.42. The largest absolute Gasteiger partial charge is 0.494 e. The van der Waals surface area contributed by atoms with E-state index < -0.39 is 0 Å². The molecule has 2 aliphatic rings. The Balaban J connectivity index is 1.42. The van der Waals surface area contributed by atoms with Gasteiger partial charge in [0.2, 0.25) is 0 Å². The summed E-state index contributed by atoms with van der Waals surface area (Å²) in [6, 6.07) is 8.54.